The molecule has 5 heteroatoms. The van der Waals surface area contributed by atoms with Crippen LogP contribution in [0.3, 0.4) is 0 Å². The third-order valence-electron chi connectivity index (χ3n) is 5.39. The van der Waals surface area contributed by atoms with Gasteiger partial charge in [-0.25, -0.2) is 0 Å². The number of hydrogen-bond donors (Lipinski definition) is 0. The smallest absolute Gasteiger partial charge is 0.387 e. The molecule has 0 bridgehead atoms. The molecule has 0 amide bonds. The average Bonchev–Trinajstić information content (AvgIpc) is 2.62. The van der Waals surface area contributed by atoms with Crippen molar-refractivity contribution in [3.8, 4) is 5.75 Å². The molecule has 2 aliphatic rings. The standard InChI is InChI=1S/C20H26F2O3/c1-13-3-5-16(6-4-13)17-11-23-19(24-12-17)14(2)15-7-9-18(10-8-15)25-20(21)22/h7-10,13,16-17,19-20H,2-6,11-12H2,1H3. The van der Waals surface area contributed by atoms with Crippen LogP contribution in [0.1, 0.15) is 38.2 Å². The molecule has 1 saturated heterocycles. The van der Waals surface area contributed by atoms with Gasteiger partial charge in [0.25, 0.3) is 0 Å². The van der Waals surface area contributed by atoms with E-state index >= 15 is 0 Å². The second-order valence-corrected chi connectivity index (χ2v) is 7.21. The van der Waals surface area contributed by atoms with E-state index in [4.69, 9.17) is 9.47 Å². The molecule has 3 nitrogen and oxygen atoms in total. The molecular formula is C20H26F2O3. The highest BCUT2D eigenvalue weighted by molar-refractivity contribution is 5.66. The fourth-order valence-corrected chi connectivity index (χ4v) is 3.74. The second kappa shape index (κ2) is 8.28. The van der Waals surface area contributed by atoms with Crippen LogP contribution in [-0.2, 0) is 9.47 Å². The molecule has 0 spiro atoms. The quantitative estimate of drug-likeness (QED) is 0.736. The molecule has 1 aromatic carbocycles. The third kappa shape index (κ3) is 4.79. The number of rotatable bonds is 5. The molecule has 138 valence electrons. The number of halogens is 2. The van der Waals surface area contributed by atoms with E-state index in [0.717, 1.165) is 11.5 Å². The predicted octanol–water partition coefficient (Wildman–Crippen LogP) is 5.12. The van der Waals surface area contributed by atoms with Gasteiger partial charge in [-0.15, -0.1) is 0 Å². The number of hydrogen-bond acceptors (Lipinski definition) is 3. The van der Waals surface area contributed by atoms with E-state index in [1.165, 1.54) is 37.8 Å². The lowest BCUT2D eigenvalue weighted by Crippen LogP contribution is -2.37. The first-order chi connectivity index (χ1) is 12.0. The molecule has 25 heavy (non-hydrogen) atoms. The molecule has 3 rings (SSSR count). The SMILES string of the molecule is C=C(c1ccc(OC(F)F)cc1)C1OCC(C2CCC(C)CC2)CO1. The van der Waals surface area contributed by atoms with Crippen molar-refractivity contribution in [2.45, 2.75) is 45.5 Å². The van der Waals surface area contributed by atoms with Crippen LogP contribution >= 0.6 is 0 Å². The Morgan fingerprint density at radius 1 is 1.04 bits per heavy atom. The van der Waals surface area contributed by atoms with Gasteiger partial charge in [-0.1, -0.05) is 38.5 Å². The second-order valence-electron chi connectivity index (χ2n) is 7.21. The minimum absolute atomic E-state index is 0.128. The molecular weight excluding hydrogens is 326 g/mol. The first kappa shape index (κ1) is 18.3. The zero-order chi connectivity index (χ0) is 17.8. The Morgan fingerprint density at radius 3 is 2.20 bits per heavy atom. The van der Waals surface area contributed by atoms with Gasteiger partial charge in [-0.3, -0.25) is 0 Å². The van der Waals surface area contributed by atoms with E-state index in [-0.39, 0.29) is 5.75 Å². The van der Waals surface area contributed by atoms with Crippen LogP contribution in [-0.4, -0.2) is 26.1 Å². The highest BCUT2D eigenvalue weighted by Gasteiger charge is 2.32. The van der Waals surface area contributed by atoms with Crippen LogP contribution in [0, 0.1) is 17.8 Å². The van der Waals surface area contributed by atoms with Crippen LogP contribution in [0.15, 0.2) is 30.8 Å². The molecule has 2 fully saturated rings. The summed E-state index contributed by atoms with van der Waals surface area (Å²) in [5.74, 6) is 2.12. The lowest BCUT2D eigenvalue weighted by molar-refractivity contribution is -0.180. The van der Waals surface area contributed by atoms with Crippen LogP contribution < -0.4 is 4.74 Å². The molecule has 0 radical (unpaired) electrons. The van der Waals surface area contributed by atoms with Crippen LogP contribution in [0.4, 0.5) is 8.78 Å². The van der Waals surface area contributed by atoms with E-state index in [2.05, 4.69) is 18.2 Å². The summed E-state index contributed by atoms with van der Waals surface area (Å²) in [5, 5.41) is 0. The van der Waals surface area contributed by atoms with E-state index < -0.39 is 12.9 Å². The number of alkyl halides is 2. The Kier molecular flexibility index (Phi) is 6.07. The van der Waals surface area contributed by atoms with Crippen LogP contribution in [0.5, 0.6) is 5.75 Å². The van der Waals surface area contributed by atoms with Gasteiger partial charge in [0, 0.05) is 11.5 Å². The minimum atomic E-state index is -2.82. The molecule has 1 aliphatic carbocycles. The summed E-state index contributed by atoms with van der Waals surface area (Å²) < 4.78 is 40.6. The summed E-state index contributed by atoms with van der Waals surface area (Å²) in [7, 11) is 0. The number of ether oxygens (including phenoxy) is 3. The highest BCUT2D eigenvalue weighted by atomic mass is 19.3. The zero-order valence-electron chi connectivity index (χ0n) is 14.6. The summed E-state index contributed by atoms with van der Waals surface area (Å²) in [4.78, 5) is 0. The normalized spacial score (nSPS) is 30.2. The van der Waals surface area contributed by atoms with E-state index in [1.807, 2.05) is 0 Å². The predicted molar refractivity (Wildman–Crippen MR) is 92.4 cm³/mol. The summed E-state index contributed by atoms with van der Waals surface area (Å²) in [6.07, 6.45) is 4.64. The van der Waals surface area contributed by atoms with E-state index in [0.29, 0.717) is 30.6 Å². The topological polar surface area (TPSA) is 27.7 Å². The maximum absolute atomic E-state index is 12.2. The summed E-state index contributed by atoms with van der Waals surface area (Å²) in [5.41, 5.74) is 1.51. The van der Waals surface area contributed by atoms with Gasteiger partial charge in [-0.2, -0.15) is 8.78 Å². The van der Waals surface area contributed by atoms with Gasteiger partial charge in [0.1, 0.15) is 5.75 Å². The van der Waals surface area contributed by atoms with Crippen molar-refractivity contribution in [1.29, 1.82) is 0 Å². The minimum Gasteiger partial charge on any atom is -0.435 e. The van der Waals surface area contributed by atoms with Gasteiger partial charge in [0.05, 0.1) is 13.2 Å². The lowest BCUT2D eigenvalue weighted by atomic mass is 9.76. The van der Waals surface area contributed by atoms with Crippen molar-refractivity contribution >= 4 is 5.57 Å². The average molecular weight is 352 g/mol. The van der Waals surface area contributed by atoms with Crippen LogP contribution in [0.2, 0.25) is 0 Å². The van der Waals surface area contributed by atoms with Crippen molar-refractivity contribution in [3.05, 3.63) is 36.4 Å². The maximum Gasteiger partial charge on any atom is 0.387 e. The molecule has 0 atom stereocenters. The molecule has 0 unspecified atom stereocenters. The molecule has 1 aromatic rings. The van der Waals surface area contributed by atoms with Crippen molar-refractivity contribution in [3.63, 3.8) is 0 Å². The Morgan fingerprint density at radius 2 is 1.64 bits per heavy atom. The van der Waals surface area contributed by atoms with E-state index in [1.54, 1.807) is 12.1 Å². The maximum atomic E-state index is 12.2. The molecule has 0 N–H and O–H groups in total. The number of benzene rings is 1. The Hall–Kier alpha value is -1.46. The van der Waals surface area contributed by atoms with Gasteiger partial charge < -0.3 is 14.2 Å². The summed E-state index contributed by atoms with van der Waals surface area (Å²) >= 11 is 0. The largest absolute Gasteiger partial charge is 0.435 e. The molecule has 1 saturated carbocycles. The van der Waals surface area contributed by atoms with Crippen molar-refractivity contribution < 1.29 is 23.0 Å². The monoisotopic (exact) mass is 352 g/mol. The van der Waals surface area contributed by atoms with Gasteiger partial charge in [0.2, 0.25) is 0 Å². The van der Waals surface area contributed by atoms with Gasteiger partial charge in [-0.05, 0) is 42.4 Å². The van der Waals surface area contributed by atoms with Crippen molar-refractivity contribution in [2.75, 3.05) is 13.2 Å². The summed E-state index contributed by atoms with van der Waals surface area (Å²) in [6.45, 7) is 4.93. The Bertz CT molecular complexity index is 557. The first-order valence-electron chi connectivity index (χ1n) is 9.00. The molecule has 1 aliphatic heterocycles. The summed E-state index contributed by atoms with van der Waals surface area (Å²) in [6, 6.07) is 6.39. The third-order valence-corrected chi connectivity index (χ3v) is 5.39. The van der Waals surface area contributed by atoms with E-state index in [9.17, 15) is 8.78 Å². The Balaban J connectivity index is 1.51. The lowest BCUT2D eigenvalue weighted by Gasteiger charge is -2.37. The highest BCUT2D eigenvalue weighted by Crippen LogP contribution is 2.36. The molecule has 1 heterocycles. The fraction of sp³-hybridized carbons (Fsp3) is 0.600. The Labute approximate surface area is 148 Å². The van der Waals surface area contributed by atoms with Crippen molar-refractivity contribution in [2.24, 2.45) is 17.8 Å². The van der Waals surface area contributed by atoms with Crippen LogP contribution in [0.25, 0.3) is 5.57 Å². The van der Waals surface area contributed by atoms with Gasteiger partial charge >= 0.3 is 6.61 Å². The first-order valence-corrected chi connectivity index (χ1v) is 9.00. The van der Waals surface area contributed by atoms with Crippen molar-refractivity contribution in [1.82, 2.24) is 0 Å². The zero-order valence-corrected chi connectivity index (χ0v) is 14.6. The fourth-order valence-electron chi connectivity index (χ4n) is 3.74. The molecule has 0 aromatic heterocycles. The van der Waals surface area contributed by atoms with Gasteiger partial charge in [0.15, 0.2) is 6.29 Å².